The standard InChI is InChI=1S/C16H21NO4S/c1-11(2)22(19,20)15-5-3-12(4-6-15)7-16(18)17-13-8-14(17)10-21-9-13/h3-6,11,13-14H,7-10H2,1-2H3. The second-order valence-corrected chi connectivity index (χ2v) is 8.80. The molecular weight excluding hydrogens is 302 g/mol. The topological polar surface area (TPSA) is 63.7 Å². The molecule has 0 N–H and O–H groups in total. The van der Waals surface area contributed by atoms with Gasteiger partial charge in [0.15, 0.2) is 9.84 Å². The third kappa shape index (κ3) is 2.65. The third-order valence-corrected chi connectivity index (χ3v) is 6.64. The number of carbonyl (C=O) groups is 1. The highest BCUT2D eigenvalue weighted by atomic mass is 32.2. The highest BCUT2D eigenvalue weighted by molar-refractivity contribution is 7.92. The Morgan fingerprint density at radius 1 is 1.23 bits per heavy atom. The first-order valence-electron chi connectivity index (χ1n) is 7.61. The molecule has 22 heavy (non-hydrogen) atoms. The number of morpholine rings is 1. The average Bonchev–Trinajstić information content (AvgIpc) is 2.48. The lowest BCUT2D eigenvalue weighted by molar-refractivity contribution is -0.166. The zero-order valence-corrected chi connectivity index (χ0v) is 13.7. The summed E-state index contributed by atoms with van der Waals surface area (Å²) in [5.41, 5.74) is 0.846. The molecule has 0 spiro atoms. The van der Waals surface area contributed by atoms with Crippen LogP contribution >= 0.6 is 0 Å². The van der Waals surface area contributed by atoms with Gasteiger partial charge in [-0.05, 0) is 38.0 Å². The SMILES string of the molecule is CC(C)S(=O)(=O)c1ccc(CC(=O)N2C3COCC2C3)cc1. The molecule has 0 saturated carbocycles. The van der Waals surface area contributed by atoms with Crippen molar-refractivity contribution in [2.45, 2.75) is 48.9 Å². The highest BCUT2D eigenvalue weighted by Gasteiger charge is 2.44. The maximum atomic E-state index is 12.4. The van der Waals surface area contributed by atoms with E-state index in [0.29, 0.717) is 24.5 Å². The zero-order chi connectivity index (χ0) is 15.9. The van der Waals surface area contributed by atoms with E-state index in [4.69, 9.17) is 4.74 Å². The Morgan fingerprint density at radius 3 is 2.32 bits per heavy atom. The molecule has 3 rings (SSSR count). The molecule has 120 valence electrons. The number of amides is 1. The van der Waals surface area contributed by atoms with Gasteiger partial charge >= 0.3 is 0 Å². The summed E-state index contributed by atoms with van der Waals surface area (Å²) in [5, 5.41) is -0.444. The number of carbonyl (C=O) groups excluding carboxylic acids is 1. The van der Waals surface area contributed by atoms with E-state index in [2.05, 4.69) is 0 Å². The Morgan fingerprint density at radius 2 is 1.82 bits per heavy atom. The molecule has 0 aromatic heterocycles. The minimum Gasteiger partial charge on any atom is -0.377 e. The number of benzene rings is 1. The molecule has 2 atom stereocenters. The molecule has 2 bridgehead atoms. The van der Waals surface area contributed by atoms with E-state index in [9.17, 15) is 13.2 Å². The largest absolute Gasteiger partial charge is 0.377 e. The number of ether oxygens (including phenoxy) is 1. The monoisotopic (exact) mass is 323 g/mol. The van der Waals surface area contributed by atoms with Gasteiger partial charge in [-0.25, -0.2) is 8.42 Å². The molecule has 2 unspecified atom stereocenters. The Balaban J connectivity index is 1.68. The van der Waals surface area contributed by atoms with Gasteiger partial charge in [0, 0.05) is 0 Å². The van der Waals surface area contributed by atoms with Crippen LogP contribution in [-0.4, -0.2) is 49.8 Å². The van der Waals surface area contributed by atoms with Crippen LogP contribution in [0, 0.1) is 0 Å². The number of hydrogen-bond donors (Lipinski definition) is 0. The van der Waals surface area contributed by atoms with Gasteiger partial charge in [0.1, 0.15) is 0 Å². The van der Waals surface area contributed by atoms with Crippen LogP contribution in [0.15, 0.2) is 29.2 Å². The van der Waals surface area contributed by atoms with Crippen molar-refractivity contribution in [2.75, 3.05) is 13.2 Å². The van der Waals surface area contributed by atoms with Gasteiger partial charge in [-0.2, -0.15) is 0 Å². The van der Waals surface area contributed by atoms with E-state index < -0.39 is 15.1 Å². The van der Waals surface area contributed by atoms with E-state index in [0.717, 1.165) is 12.0 Å². The number of fused-ring (bicyclic) bond motifs is 2. The number of hydrogen-bond acceptors (Lipinski definition) is 4. The molecule has 0 radical (unpaired) electrons. The number of sulfone groups is 1. The minimum absolute atomic E-state index is 0.101. The lowest BCUT2D eigenvalue weighted by atomic mass is 9.90. The van der Waals surface area contributed by atoms with Crippen LogP contribution in [-0.2, 0) is 25.8 Å². The van der Waals surface area contributed by atoms with Crippen LogP contribution < -0.4 is 0 Å². The van der Waals surface area contributed by atoms with Crippen LogP contribution in [0.3, 0.4) is 0 Å². The maximum absolute atomic E-state index is 12.4. The van der Waals surface area contributed by atoms with Crippen LogP contribution in [0.4, 0.5) is 0 Å². The number of rotatable bonds is 4. The average molecular weight is 323 g/mol. The summed E-state index contributed by atoms with van der Waals surface area (Å²) in [6, 6.07) is 7.12. The first-order chi connectivity index (χ1) is 10.4. The Kier molecular flexibility index (Phi) is 3.99. The summed E-state index contributed by atoms with van der Waals surface area (Å²) >= 11 is 0. The fourth-order valence-corrected chi connectivity index (χ4v) is 4.14. The molecule has 1 amide bonds. The van der Waals surface area contributed by atoms with Crippen molar-refractivity contribution in [1.29, 1.82) is 0 Å². The summed E-state index contributed by atoms with van der Waals surface area (Å²) < 4.78 is 29.5. The summed E-state index contributed by atoms with van der Waals surface area (Å²) in [6.45, 7) is 4.59. The van der Waals surface area contributed by atoms with Gasteiger partial charge in [0.25, 0.3) is 0 Å². The van der Waals surface area contributed by atoms with Crippen molar-refractivity contribution in [1.82, 2.24) is 4.90 Å². The molecule has 2 fully saturated rings. The van der Waals surface area contributed by atoms with E-state index in [-0.39, 0.29) is 18.0 Å². The first-order valence-corrected chi connectivity index (χ1v) is 9.16. The Bertz CT molecular complexity index is 652. The fraction of sp³-hybridized carbons (Fsp3) is 0.562. The first kappa shape index (κ1) is 15.5. The molecule has 1 aromatic rings. The van der Waals surface area contributed by atoms with Gasteiger partial charge in [-0.1, -0.05) is 12.1 Å². The van der Waals surface area contributed by atoms with Crippen LogP contribution in [0.2, 0.25) is 0 Å². The smallest absolute Gasteiger partial charge is 0.227 e. The summed E-state index contributed by atoms with van der Waals surface area (Å²) in [6.07, 6.45) is 1.35. The van der Waals surface area contributed by atoms with E-state index in [1.54, 1.807) is 38.1 Å². The summed E-state index contributed by atoms with van der Waals surface area (Å²) in [4.78, 5) is 14.6. The van der Waals surface area contributed by atoms with Crippen molar-refractivity contribution in [3.63, 3.8) is 0 Å². The molecule has 2 saturated heterocycles. The lowest BCUT2D eigenvalue weighted by Crippen LogP contribution is -2.65. The van der Waals surface area contributed by atoms with Crippen molar-refractivity contribution >= 4 is 15.7 Å². The fourth-order valence-electron chi connectivity index (χ4n) is 3.08. The van der Waals surface area contributed by atoms with Crippen molar-refractivity contribution < 1.29 is 17.9 Å². The Labute approximate surface area is 131 Å². The van der Waals surface area contributed by atoms with Gasteiger partial charge in [0.2, 0.25) is 5.91 Å². The van der Waals surface area contributed by atoms with Gasteiger partial charge < -0.3 is 9.64 Å². The van der Waals surface area contributed by atoms with Gasteiger partial charge in [-0.3, -0.25) is 4.79 Å². The van der Waals surface area contributed by atoms with Crippen molar-refractivity contribution in [2.24, 2.45) is 0 Å². The molecule has 2 heterocycles. The molecule has 2 aliphatic rings. The second kappa shape index (κ2) is 5.66. The van der Waals surface area contributed by atoms with E-state index in [1.807, 2.05) is 4.90 Å². The molecule has 1 aromatic carbocycles. The quantitative estimate of drug-likeness (QED) is 0.840. The highest BCUT2D eigenvalue weighted by Crippen LogP contribution is 2.31. The van der Waals surface area contributed by atoms with Gasteiger partial charge in [0.05, 0.1) is 41.9 Å². The summed E-state index contributed by atoms with van der Waals surface area (Å²) in [5.74, 6) is 0.101. The van der Waals surface area contributed by atoms with E-state index >= 15 is 0 Å². The molecule has 2 aliphatic heterocycles. The molecule has 6 heteroatoms. The zero-order valence-electron chi connectivity index (χ0n) is 12.9. The van der Waals surface area contributed by atoms with Crippen molar-refractivity contribution in [3.05, 3.63) is 29.8 Å². The normalized spacial score (nSPS) is 24.2. The van der Waals surface area contributed by atoms with Crippen LogP contribution in [0.25, 0.3) is 0 Å². The Hall–Kier alpha value is -1.40. The summed E-state index contributed by atoms with van der Waals surface area (Å²) in [7, 11) is -3.26. The lowest BCUT2D eigenvalue weighted by Gasteiger charge is -2.52. The minimum atomic E-state index is -3.26. The third-order valence-electron chi connectivity index (χ3n) is 4.47. The predicted octanol–water partition coefficient (Wildman–Crippen LogP) is 1.41. The van der Waals surface area contributed by atoms with Crippen LogP contribution in [0.1, 0.15) is 25.8 Å². The maximum Gasteiger partial charge on any atom is 0.227 e. The van der Waals surface area contributed by atoms with E-state index in [1.165, 1.54) is 0 Å². The number of nitrogens with zero attached hydrogens (tertiary/aromatic N) is 1. The van der Waals surface area contributed by atoms with Gasteiger partial charge in [-0.15, -0.1) is 0 Å². The molecule has 0 aliphatic carbocycles. The molecular formula is C16H21NO4S. The van der Waals surface area contributed by atoms with Crippen LogP contribution in [0.5, 0.6) is 0 Å². The predicted molar refractivity (Wildman–Crippen MR) is 82.3 cm³/mol. The second-order valence-electron chi connectivity index (χ2n) is 6.30. The molecule has 5 nitrogen and oxygen atoms in total. The van der Waals surface area contributed by atoms with Crippen molar-refractivity contribution in [3.8, 4) is 0 Å².